The molecule has 2 aromatic rings. The van der Waals surface area contributed by atoms with Crippen molar-refractivity contribution < 1.29 is 4.79 Å². The van der Waals surface area contributed by atoms with E-state index in [2.05, 4.69) is 29.5 Å². The highest BCUT2D eigenvalue weighted by Gasteiger charge is 2.27. The molecule has 0 radical (unpaired) electrons. The van der Waals surface area contributed by atoms with Gasteiger partial charge in [-0.1, -0.05) is 50.5 Å². The van der Waals surface area contributed by atoms with Crippen molar-refractivity contribution in [2.75, 3.05) is 0 Å². The Bertz CT molecular complexity index is 832. The Morgan fingerprint density at radius 2 is 2.00 bits per heavy atom. The number of carbonyl (C=O) groups excluding carboxylic acids is 1. The number of rotatable bonds is 7. The maximum absolute atomic E-state index is 12.4. The molecule has 1 aliphatic rings. The molecule has 1 aliphatic carbocycles. The standard InChI is InChI=1S/C21H30N4O2/c1-15-9-8-12-18(16(15)2)22-20(26)13-4-3-7-14-25-21(27)17-10-5-6-11-19(17)23-24-25/h5-6,10-11,15-16,18H,3-4,7-9,12-14H2,1-2H3,(H,22,26)/t15-,16-,18-/m1/s1. The van der Waals surface area contributed by atoms with Crippen LogP contribution in [0.4, 0.5) is 0 Å². The molecular weight excluding hydrogens is 340 g/mol. The van der Waals surface area contributed by atoms with Crippen LogP contribution in [0.3, 0.4) is 0 Å². The second-order valence-electron chi connectivity index (χ2n) is 7.89. The second kappa shape index (κ2) is 9.11. The van der Waals surface area contributed by atoms with E-state index >= 15 is 0 Å². The van der Waals surface area contributed by atoms with Crippen LogP contribution in [0.25, 0.3) is 10.9 Å². The summed E-state index contributed by atoms with van der Waals surface area (Å²) in [5.74, 6) is 1.40. The first-order valence-electron chi connectivity index (χ1n) is 10.2. The van der Waals surface area contributed by atoms with Crippen LogP contribution in [0.1, 0.15) is 58.8 Å². The van der Waals surface area contributed by atoms with E-state index in [1.165, 1.54) is 17.5 Å². The van der Waals surface area contributed by atoms with Crippen LogP contribution < -0.4 is 10.9 Å². The molecule has 3 rings (SSSR count). The van der Waals surface area contributed by atoms with Gasteiger partial charge in [-0.05, 0) is 43.2 Å². The van der Waals surface area contributed by atoms with Crippen molar-refractivity contribution in [3.8, 4) is 0 Å². The minimum atomic E-state index is -0.0984. The highest BCUT2D eigenvalue weighted by Crippen LogP contribution is 2.29. The lowest BCUT2D eigenvalue weighted by Gasteiger charge is -2.34. The third-order valence-corrected chi connectivity index (χ3v) is 5.96. The summed E-state index contributed by atoms with van der Waals surface area (Å²) in [6.45, 7) is 5.06. The lowest BCUT2D eigenvalue weighted by molar-refractivity contribution is -0.122. The summed E-state index contributed by atoms with van der Waals surface area (Å²) in [5.41, 5.74) is 0.528. The third kappa shape index (κ3) is 4.93. The first kappa shape index (κ1) is 19.5. The van der Waals surface area contributed by atoms with Gasteiger partial charge in [0.15, 0.2) is 0 Å². The molecule has 3 atom stereocenters. The van der Waals surface area contributed by atoms with Gasteiger partial charge in [0.1, 0.15) is 5.52 Å². The summed E-state index contributed by atoms with van der Waals surface area (Å²) in [7, 11) is 0. The van der Waals surface area contributed by atoms with Crippen LogP contribution in [0, 0.1) is 11.8 Å². The first-order valence-corrected chi connectivity index (χ1v) is 10.2. The molecule has 0 unspecified atom stereocenters. The minimum Gasteiger partial charge on any atom is -0.353 e. The van der Waals surface area contributed by atoms with E-state index < -0.39 is 0 Å². The number of hydrogen-bond donors (Lipinski definition) is 1. The summed E-state index contributed by atoms with van der Waals surface area (Å²) in [6, 6.07) is 7.58. The lowest BCUT2D eigenvalue weighted by atomic mass is 9.78. The fourth-order valence-electron chi connectivity index (χ4n) is 3.96. The fourth-order valence-corrected chi connectivity index (χ4v) is 3.96. The zero-order valence-corrected chi connectivity index (χ0v) is 16.4. The quantitative estimate of drug-likeness (QED) is 0.759. The zero-order chi connectivity index (χ0) is 19.2. The number of aryl methyl sites for hydroxylation is 1. The zero-order valence-electron chi connectivity index (χ0n) is 16.4. The van der Waals surface area contributed by atoms with Crippen molar-refractivity contribution in [2.45, 2.75) is 71.4 Å². The number of benzene rings is 1. The molecule has 6 heteroatoms. The summed E-state index contributed by atoms with van der Waals surface area (Å²) in [4.78, 5) is 24.6. The molecule has 1 aromatic carbocycles. The number of aromatic nitrogens is 3. The highest BCUT2D eigenvalue weighted by atomic mass is 16.1. The minimum absolute atomic E-state index is 0.0984. The van der Waals surface area contributed by atoms with Crippen LogP contribution in [0.5, 0.6) is 0 Å². The number of amides is 1. The number of hydrogen-bond acceptors (Lipinski definition) is 4. The lowest BCUT2D eigenvalue weighted by Crippen LogP contribution is -2.43. The maximum Gasteiger partial charge on any atom is 0.277 e. The van der Waals surface area contributed by atoms with Crippen molar-refractivity contribution >= 4 is 16.8 Å². The molecule has 1 aromatic heterocycles. The van der Waals surface area contributed by atoms with Crippen molar-refractivity contribution in [1.82, 2.24) is 20.3 Å². The van der Waals surface area contributed by atoms with Crippen LogP contribution >= 0.6 is 0 Å². The van der Waals surface area contributed by atoms with Gasteiger partial charge in [0.25, 0.3) is 5.56 Å². The van der Waals surface area contributed by atoms with Crippen LogP contribution in [0.15, 0.2) is 29.1 Å². The summed E-state index contributed by atoms with van der Waals surface area (Å²) >= 11 is 0. The molecule has 146 valence electrons. The third-order valence-electron chi connectivity index (χ3n) is 5.96. The Morgan fingerprint density at radius 3 is 2.85 bits per heavy atom. The molecule has 1 N–H and O–H groups in total. The number of unbranched alkanes of at least 4 members (excludes halogenated alkanes) is 2. The van der Waals surface area contributed by atoms with Gasteiger partial charge in [0.2, 0.25) is 5.91 Å². The Balaban J connectivity index is 1.40. The predicted molar refractivity (Wildman–Crippen MR) is 106 cm³/mol. The number of nitrogens with one attached hydrogen (secondary N) is 1. The highest BCUT2D eigenvalue weighted by molar-refractivity contribution is 5.76. The number of nitrogens with zero attached hydrogens (tertiary/aromatic N) is 3. The van der Waals surface area contributed by atoms with E-state index in [9.17, 15) is 9.59 Å². The van der Waals surface area contributed by atoms with Crippen LogP contribution in [-0.4, -0.2) is 26.9 Å². The Morgan fingerprint density at radius 1 is 1.19 bits per heavy atom. The molecule has 1 amide bonds. The van der Waals surface area contributed by atoms with Crippen molar-refractivity contribution in [1.29, 1.82) is 0 Å². The largest absolute Gasteiger partial charge is 0.353 e. The Hall–Kier alpha value is -2.24. The Labute approximate surface area is 160 Å². The van der Waals surface area contributed by atoms with E-state index in [1.807, 2.05) is 12.1 Å². The van der Waals surface area contributed by atoms with Crippen molar-refractivity contribution in [3.63, 3.8) is 0 Å². The van der Waals surface area contributed by atoms with Gasteiger partial charge in [-0.15, -0.1) is 5.10 Å². The predicted octanol–water partition coefficient (Wildman–Crippen LogP) is 3.29. The normalized spacial score (nSPS) is 22.7. The molecule has 0 aliphatic heterocycles. The van der Waals surface area contributed by atoms with E-state index in [0.29, 0.717) is 41.7 Å². The Kier molecular flexibility index (Phi) is 6.58. The summed E-state index contributed by atoms with van der Waals surface area (Å²) in [6.07, 6.45) is 6.67. The average molecular weight is 370 g/mol. The second-order valence-corrected chi connectivity index (χ2v) is 7.89. The van der Waals surface area contributed by atoms with Crippen LogP contribution in [-0.2, 0) is 11.3 Å². The monoisotopic (exact) mass is 370 g/mol. The van der Waals surface area contributed by atoms with Gasteiger partial charge >= 0.3 is 0 Å². The maximum atomic E-state index is 12.4. The van der Waals surface area contributed by atoms with E-state index in [1.54, 1.807) is 12.1 Å². The van der Waals surface area contributed by atoms with Gasteiger partial charge < -0.3 is 5.32 Å². The van der Waals surface area contributed by atoms with Crippen LogP contribution in [0.2, 0.25) is 0 Å². The smallest absolute Gasteiger partial charge is 0.277 e. The van der Waals surface area contributed by atoms with Crippen molar-refractivity contribution in [2.24, 2.45) is 11.8 Å². The first-order chi connectivity index (χ1) is 13.1. The molecule has 1 saturated carbocycles. The summed E-state index contributed by atoms with van der Waals surface area (Å²) in [5, 5.41) is 11.9. The van der Waals surface area contributed by atoms with E-state index in [-0.39, 0.29) is 11.5 Å². The van der Waals surface area contributed by atoms with E-state index in [0.717, 1.165) is 25.7 Å². The molecule has 27 heavy (non-hydrogen) atoms. The molecule has 0 spiro atoms. The number of carbonyl (C=O) groups is 1. The van der Waals surface area contributed by atoms with Gasteiger partial charge in [-0.25, -0.2) is 4.68 Å². The van der Waals surface area contributed by atoms with Gasteiger partial charge in [0.05, 0.1) is 5.39 Å². The number of fused-ring (bicyclic) bond motifs is 1. The molecule has 1 fully saturated rings. The fraction of sp³-hybridized carbons (Fsp3) is 0.619. The summed E-state index contributed by atoms with van der Waals surface area (Å²) < 4.78 is 1.42. The molecule has 6 nitrogen and oxygen atoms in total. The van der Waals surface area contributed by atoms with Crippen molar-refractivity contribution in [3.05, 3.63) is 34.6 Å². The average Bonchev–Trinajstić information content (AvgIpc) is 2.67. The molecule has 1 heterocycles. The topological polar surface area (TPSA) is 76.9 Å². The van der Waals surface area contributed by atoms with E-state index in [4.69, 9.17) is 0 Å². The molecule has 0 saturated heterocycles. The van der Waals surface area contributed by atoms with Gasteiger partial charge in [-0.2, -0.15) is 0 Å². The van der Waals surface area contributed by atoms with Gasteiger partial charge in [-0.3, -0.25) is 9.59 Å². The molecule has 0 bridgehead atoms. The van der Waals surface area contributed by atoms with Gasteiger partial charge in [0, 0.05) is 19.0 Å². The SMILES string of the molecule is C[C@@H]1[C@H](C)CCC[C@H]1NC(=O)CCCCCn1nnc2ccccc2c1=O. The molecular formula is C21H30N4O2.